The second-order valence-electron chi connectivity index (χ2n) is 1.80. The Labute approximate surface area is 52.7 Å². The molecule has 0 fully saturated rings. The molecular weight excluding hydrogens is 118 g/mol. The van der Waals surface area contributed by atoms with E-state index in [9.17, 15) is 4.79 Å². The summed E-state index contributed by atoms with van der Waals surface area (Å²) in [7, 11) is 0. The molecule has 0 spiro atoms. The number of hydrogen-bond acceptors (Lipinski definition) is 2. The minimum Gasteiger partial charge on any atom is -0.477 e. The topological polar surface area (TPSA) is 49.7 Å². The largest absolute Gasteiger partial charge is 0.477 e. The van der Waals surface area contributed by atoms with Crippen LogP contribution in [0.15, 0.2) is 17.3 Å². The normalized spacial score (nSPS) is 17.1. The van der Waals surface area contributed by atoms with Crippen molar-refractivity contribution >= 4 is 11.7 Å². The zero-order valence-corrected chi connectivity index (χ0v) is 4.87. The fourth-order valence-corrected chi connectivity index (χ4v) is 0.664. The van der Waals surface area contributed by atoms with Crippen molar-refractivity contribution in [1.29, 1.82) is 0 Å². The molecule has 9 heavy (non-hydrogen) atoms. The van der Waals surface area contributed by atoms with Gasteiger partial charge in [-0.25, -0.2) is 4.79 Å². The number of allylic oxidation sites excluding steroid dienone is 1. The monoisotopic (exact) mass is 125 g/mol. The van der Waals surface area contributed by atoms with Crippen molar-refractivity contribution in [3.05, 3.63) is 12.3 Å². The maximum atomic E-state index is 10.2. The van der Waals surface area contributed by atoms with E-state index in [1.165, 1.54) is 6.20 Å². The first-order valence-electron chi connectivity index (χ1n) is 2.75. The van der Waals surface area contributed by atoms with Crippen LogP contribution in [0.25, 0.3) is 0 Å². The first-order valence-corrected chi connectivity index (χ1v) is 2.75. The second kappa shape index (κ2) is 2.44. The van der Waals surface area contributed by atoms with Gasteiger partial charge in [0.1, 0.15) is 5.71 Å². The Morgan fingerprint density at radius 2 is 2.56 bits per heavy atom. The molecule has 1 heterocycles. The lowest BCUT2D eigenvalue weighted by atomic mass is 10.2. The first kappa shape index (κ1) is 6.01. The molecule has 1 aliphatic heterocycles. The smallest absolute Gasteiger partial charge is 0.350 e. The summed E-state index contributed by atoms with van der Waals surface area (Å²) in [6.45, 7) is 0. The van der Waals surface area contributed by atoms with E-state index in [1.807, 2.05) is 6.08 Å². The van der Waals surface area contributed by atoms with Gasteiger partial charge >= 0.3 is 5.97 Å². The molecule has 0 amide bonds. The Hall–Kier alpha value is -1.12. The van der Waals surface area contributed by atoms with Crippen LogP contribution in [0.4, 0.5) is 0 Å². The van der Waals surface area contributed by atoms with E-state index >= 15 is 0 Å². The summed E-state index contributed by atoms with van der Waals surface area (Å²) in [4.78, 5) is 13.9. The van der Waals surface area contributed by atoms with Gasteiger partial charge in [0.2, 0.25) is 0 Å². The van der Waals surface area contributed by atoms with Crippen molar-refractivity contribution in [3.8, 4) is 0 Å². The Kier molecular flexibility index (Phi) is 1.63. The number of aliphatic carboxylic acids is 1. The van der Waals surface area contributed by atoms with Crippen molar-refractivity contribution in [2.75, 3.05) is 0 Å². The third-order valence-corrected chi connectivity index (χ3v) is 1.13. The van der Waals surface area contributed by atoms with Crippen LogP contribution >= 0.6 is 0 Å². The number of aliphatic imine (C=N–C) groups is 1. The van der Waals surface area contributed by atoms with Crippen LogP contribution in [0, 0.1) is 0 Å². The van der Waals surface area contributed by atoms with Crippen LogP contribution in [0.3, 0.4) is 0 Å². The van der Waals surface area contributed by atoms with Gasteiger partial charge in [-0.2, -0.15) is 0 Å². The van der Waals surface area contributed by atoms with Gasteiger partial charge in [-0.3, -0.25) is 4.99 Å². The van der Waals surface area contributed by atoms with Crippen molar-refractivity contribution in [3.63, 3.8) is 0 Å². The molecule has 1 aliphatic rings. The summed E-state index contributed by atoms with van der Waals surface area (Å²) >= 11 is 0. The lowest BCUT2D eigenvalue weighted by molar-refractivity contribution is -0.129. The molecule has 0 saturated heterocycles. The quantitative estimate of drug-likeness (QED) is 0.564. The maximum Gasteiger partial charge on any atom is 0.350 e. The summed E-state index contributed by atoms with van der Waals surface area (Å²) in [6, 6.07) is 0. The predicted octanol–water partition coefficient (Wildman–Crippen LogP) is 0.820. The Balaban J connectivity index is 2.68. The molecule has 3 heteroatoms. The van der Waals surface area contributed by atoms with Crippen LogP contribution in [0.2, 0.25) is 0 Å². The highest BCUT2D eigenvalue weighted by molar-refractivity contribution is 6.35. The van der Waals surface area contributed by atoms with Gasteiger partial charge < -0.3 is 5.11 Å². The highest BCUT2D eigenvalue weighted by Crippen LogP contribution is 2.01. The van der Waals surface area contributed by atoms with Crippen LogP contribution < -0.4 is 0 Å². The minimum atomic E-state index is -0.903. The molecule has 0 unspecified atom stereocenters. The Bertz CT molecular complexity index is 181. The molecule has 3 nitrogen and oxygen atoms in total. The highest BCUT2D eigenvalue weighted by atomic mass is 16.4. The van der Waals surface area contributed by atoms with E-state index in [0.717, 1.165) is 6.42 Å². The summed E-state index contributed by atoms with van der Waals surface area (Å²) < 4.78 is 0. The zero-order valence-electron chi connectivity index (χ0n) is 4.87. The van der Waals surface area contributed by atoms with E-state index in [-0.39, 0.29) is 5.71 Å². The van der Waals surface area contributed by atoms with Crippen molar-refractivity contribution in [2.45, 2.75) is 12.8 Å². The fraction of sp³-hybridized carbons (Fsp3) is 0.333. The first-order chi connectivity index (χ1) is 4.30. The van der Waals surface area contributed by atoms with E-state index in [0.29, 0.717) is 6.42 Å². The van der Waals surface area contributed by atoms with E-state index in [1.54, 1.807) is 0 Å². The predicted molar refractivity (Wildman–Crippen MR) is 33.4 cm³/mol. The number of carboxylic acid groups (broad SMARTS) is 1. The average molecular weight is 125 g/mol. The van der Waals surface area contributed by atoms with Gasteiger partial charge in [0, 0.05) is 12.6 Å². The molecule has 1 N–H and O–H groups in total. The lowest BCUT2D eigenvalue weighted by Gasteiger charge is -1.99. The third kappa shape index (κ3) is 1.38. The number of carboxylic acids is 1. The molecule has 0 bridgehead atoms. The molecule has 0 atom stereocenters. The van der Waals surface area contributed by atoms with Gasteiger partial charge in [0.05, 0.1) is 0 Å². The lowest BCUT2D eigenvalue weighted by Crippen LogP contribution is -2.13. The van der Waals surface area contributed by atoms with Gasteiger partial charge in [-0.1, -0.05) is 6.08 Å². The van der Waals surface area contributed by atoms with Gasteiger partial charge in [-0.15, -0.1) is 0 Å². The number of nitrogens with zero attached hydrogens (tertiary/aromatic N) is 1. The molecule has 0 radical (unpaired) electrons. The third-order valence-electron chi connectivity index (χ3n) is 1.13. The summed E-state index contributed by atoms with van der Waals surface area (Å²) in [5.41, 5.74) is 0.262. The van der Waals surface area contributed by atoms with E-state index < -0.39 is 5.97 Å². The van der Waals surface area contributed by atoms with E-state index in [2.05, 4.69) is 4.99 Å². The van der Waals surface area contributed by atoms with E-state index in [4.69, 9.17) is 5.11 Å². The molecule has 1 rings (SSSR count). The summed E-state index contributed by atoms with van der Waals surface area (Å²) in [6.07, 6.45) is 4.75. The van der Waals surface area contributed by atoms with Gasteiger partial charge in [-0.05, 0) is 6.42 Å². The van der Waals surface area contributed by atoms with Crippen molar-refractivity contribution in [1.82, 2.24) is 0 Å². The molecule has 0 aromatic carbocycles. The molecule has 48 valence electrons. The zero-order chi connectivity index (χ0) is 6.69. The van der Waals surface area contributed by atoms with Crippen LogP contribution in [-0.4, -0.2) is 16.8 Å². The average Bonchev–Trinajstić information content (AvgIpc) is 1.90. The highest BCUT2D eigenvalue weighted by Gasteiger charge is 2.08. The Morgan fingerprint density at radius 3 is 2.89 bits per heavy atom. The van der Waals surface area contributed by atoms with Crippen molar-refractivity contribution in [2.24, 2.45) is 4.99 Å². The number of rotatable bonds is 1. The summed E-state index contributed by atoms with van der Waals surface area (Å²) in [5.74, 6) is -0.903. The van der Waals surface area contributed by atoms with Crippen molar-refractivity contribution < 1.29 is 9.90 Å². The second-order valence-corrected chi connectivity index (χ2v) is 1.80. The number of hydrogen-bond donors (Lipinski definition) is 1. The molecular formula is C6H7NO2. The molecule has 0 aliphatic carbocycles. The van der Waals surface area contributed by atoms with Gasteiger partial charge in [0.25, 0.3) is 0 Å². The molecule has 0 aromatic heterocycles. The van der Waals surface area contributed by atoms with Crippen LogP contribution in [-0.2, 0) is 4.79 Å². The number of carbonyl (C=O) groups is 1. The van der Waals surface area contributed by atoms with Crippen LogP contribution in [0.1, 0.15) is 12.8 Å². The van der Waals surface area contributed by atoms with Crippen LogP contribution in [0.5, 0.6) is 0 Å². The SMILES string of the molecule is O=C(O)C1=NC=CCC1. The Morgan fingerprint density at radius 1 is 1.78 bits per heavy atom. The molecule has 0 saturated carbocycles. The summed E-state index contributed by atoms with van der Waals surface area (Å²) in [5, 5.41) is 8.37. The van der Waals surface area contributed by atoms with Gasteiger partial charge in [0.15, 0.2) is 0 Å². The standard InChI is InChI=1S/C6H7NO2/c8-6(9)5-3-1-2-4-7-5/h2,4H,1,3H2,(H,8,9). The minimum absolute atomic E-state index is 0.262. The molecule has 0 aromatic rings. The maximum absolute atomic E-state index is 10.2. The fourth-order valence-electron chi connectivity index (χ4n) is 0.664.